The Labute approximate surface area is 172 Å². The molecule has 0 amide bonds. The molecule has 1 aromatic heterocycles. The van der Waals surface area contributed by atoms with Crippen molar-refractivity contribution in [2.45, 2.75) is 76.8 Å². The second kappa shape index (κ2) is 6.73. The van der Waals surface area contributed by atoms with Crippen LogP contribution in [0.3, 0.4) is 0 Å². The molecule has 1 saturated carbocycles. The van der Waals surface area contributed by atoms with E-state index in [4.69, 9.17) is 14.0 Å². The van der Waals surface area contributed by atoms with E-state index >= 15 is 0 Å². The molecule has 2 aromatic rings. The highest BCUT2D eigenvalue weighted by atomic mass is 16.6. The molecule has 156 valence electrons. The Morgan fingerprint density at radius 2 is 1.79 bits per heavy atom. The van der Waals surface area contributed by atoms with Crippen molar-refractivity contribution in [3.8, 4) is 11.5 Å². The van der Waals surface area contributed by atoms with E-state index in [9.17, 15) is 0 Å². The number of hydrogen-bond acceptors (Lipinski definition) is 6. The van der Waals surface area contributed by atoms with Crippen LogP contribution in [-0.4, -0.2) is 34.8 Å². The Bertz CT molecular complexity index is 909. The van der Waals surface area contributed by atoms with Crippen molar-refractivity contribution in [3.05, 3.63) is 35.0 Å². The van der Waals surface area contributed by atoms with E-state index in [1.165, 1.54) is 36.8 Å². The number of fused-ring (bicyclic) bond motifs is 3. The van der Waals surface area contributed by atoms with Crippen molar-refractivity contribution in [1.29, 1.82) is 0 Å². The highest BCUT2D eigenvalue weighted by Crippen LogP contribution is 2.52. The van der Waals surface area contributed by atoms with Gasteiger partial charge in [-0.1, -0.05) is 38.8 Å². The molecule has 1 fully saturated rings. The summed E-state index contributed by atoms with van der Waals surface area (Å²) in [6, 6.07) is 4.76. The molecule has 0 saturated heterocycles. The largest absolute Gasteiger partial charge is 0.486 e. The minimum atomic E-state index is -0.131. The standard InChI is InChI=1S/C23H31N3O3/c1-15-16-11-18-19(28-10-9-27-18)12-17(16)23(7-5-6-8-23)14-26(15)13-20-24-21(29-25-20)22(2,3)4/h11-12,15H,5-10,13-14H2,1-4H3. The number of nitrogens with zero attached hydrogens (tertiary/aromatic N) is 3. The van der Waals surface area contributed by atoms with Gasteiger partial charge in [-0.2, -0.15) is 4.98 Å². The monoisotopic (exact) mass is 397 g/mol. The Hall–Kier alpha value is -2.08. The predicted molar refractivity (Wildman–Crippen MR) is 109 cm³/mol. The van der Waals surface area contributed by atoms with Crippen LogP contribution >= 0.6 is 0 Å². The SMILES string of the molecule is CC1c2cc3c(cc2C2(CCCC2)CN1Cc1noc(C(C)(C)C)n1)OCCO3. The summed E-state index contributed by atoms with van der Waals surface area (Å²) < 4.78 is 17.4. The normalized spacial score (nSPS) is 23.4. The van der Waals surface area contributed by atoms with E-state index in [1.807, 2.05) is 0 Å². The van der Waals surface area contributed by atoms with E-state index in [0.29, 0.717) is 25.6 Å². The van der Waals surface area contributed by atoms with Gasteiger partial charge in [0.2, 0.25) is 5.89 Å². The lowest BCUT2D eigenvalue weighted by atomic mass is 9.71. The third kappa shape index (κ3) is 3.21. The summed E-state index contributed by atoms with van der Waals surface area (Å²) in [7, 11) is 0. The minimum Gasteiger partial charge on any atom is -0.486 e. The number of benzene rings is 1. The van der Waals surface area contributed by atoms with E-state index in [2.05, 4.69) is 54.9 Å². The molecule has 3 heterocycles. The fourth-order valence-corrected chi connectivity index (χ4v) is 5.19. The summed E-state index contributed by atoms with van der Waals surface area (Å²) in [5, 5.41) is 4.28. The van der Waals surface area contributed by atoms with Crippen molar-refractivity contribution in [3.63, 3.8) is 0 Å². The summed E-state index contributed by atoms with van der Waals surface area (Å²) in [5.74, 6) is 3.27. The van der Waals surface area contributed by atoms with Crippen LogP contribution in [0.5, 0.6) is 11.5 Å². The summed E-state index contributed by atoms with van der Waals surface area (Å²) in [6.07, 6.45) is 5.02. The number of hydrogen-bond donors (Lipinski definition) is 0. The molecule has 1 aromatic carbocycles. The number of aromatic nitrogens is 2. The van der Waals surface area contributed by atoms with Crippen LogP contribution in [0.1, 0.15) is 82.3 Å². The van der Waals surface area contributed by atoms with Gasteiger partial charge in [0.25, 0.3) is 0 Å². The van der Waals surface area contributed by atoms with E-state index in [1.54, 1.807) is 0 Å². The van der Waals surface area contributed by atoms with Crippen molar-refractivity contribution in [1.82, 2.24) is 15.0 Å². The van der Waals surface area contributed by atoms with Gasteiger partial charge in [0, 0.05) is 23.4 Å². The zero-order valence-corrected chi connectivity index (χ0v) is 18.0. The first-order valence-corrected chi connectivity index (χ1v) is 10.9. The third-order valence-electron chi connectivity index (χ3n) is 6.80. The van der Waals surface area contributed by atoms with Crippen LogP contribution in [0.2, 0.25) is 0 Å². The van der Waals surface area contributed by atoms with Crippen LogP contribution < -0.4 is 9.47 Å². The zero-order valence-electron chi connectivity index (χ0n) is 18.0. The minimum absolute atomic E-state index is 0.131. The van der Waals surface area contributed by atoms with Crippen molar-refractivity contribution >= 4 is 0 Å². The maximum absolute atomic E-state index is 5.91. The van der Waals surface area contributed by atoms with Crippen LogP contribution in [0, 0.1) is 0 Å². The van der Waals surface area contributed by atoms with Gasteiger partial charge in [-0.05, 0) is 43.0 Å². The average molecular weight is 398 g/mol. The van der Waals surface area contributed by atoms with Gasteiger partial charge in [-0.3, -0.25) is 4.90 Å². The molecule has 2 aliphatic heterocycles. The molecule has 29 heavy (non-hydrogen) atoms. The Kier molecular flexibility index (Phi) is 4.39. The Morgan fingerprint density at radius 3 is 2.45 bits per heavy atom. The fourth-order valence-electron chi connectivity index (χ4n) is 5.19. The van der Waals surface area contributed by atoms with Gasteiger partial charge in [0.1, 0.15) is 13.2 Å². The van der Waals surface area contributed by atoms with Gasteiger partial charge >= 0.3 is 0 Å². The van der Waals surface area contributed by atoms with E-state index in [0.717, 1.165) is 23.9 Å². The topological polar surface area (TPSA) is 60.6 Å². The summed E-state index contributed by atoms with van der Waals surface area (Å²) in [4.78, 5) is 7.20. The lowest BCUT2D eigenvalue weighted by molar-refractivity contribution is 0.121. The third-order valence-corrected chi connectivity index (χ3v) is 6.80. The molecule has 0 N–H and O–H groups in total. The molecular formula is C23H31N3O3. The summed E-state index contributed by atoms with van der Waals surface area (Å²) >= 11 is 0. The second-order valence-electron chi connectivity index (χ2n) is 9.92. The van der Waals surface area contributed by atoms with E-state index < -0.39 is 0 Å². The highest BCUT2D eigenvalue weighted by Gasteiger charge is 2.45. The maximum atomic E-state index is 5.91. The van der Waals surface area contributed by atoms with Gasteiger partial charge in [0.15, 0.2) is 17.3 Å². The number of ether oxygens (including phenoxy) is 2. The average Bonchev–Trinajstić information content (AvgIpc) is 3.35. The predicted octanol–water partition coefficient (Wildman–Crippen LogP) is 4.53. The first kappa shape index (κ1) is 18.9. The second-order valence-corrected chi connectivity index (χ2v) is 9.92. The molecule has 1 spiro atoms. The molecule has 5 rings (SSSR count). The van der Waals surface area contributed by atoms with Crippen LogP contribution in [0.25, 0.3) is 0 Å². The van der Waals surface area contributed by atoms with Crippen molar-refractivity contribution < 1.29 is 14.0 Å². The van der Waals surface area contributed by atoms with Gasteiger partial charge < -0.3 is 14.0 Å². The van der Waals surface area contributed by atoms with Crippen LogP contribution in [0.4, 0.5) is 0 Å². The molecule has 6 nitrogen and oxygen atoms in total. The zero-order chi connectivity index (χ0) is 20.2. The molecular weight excluding hydrogens is 366 g/mol. The molecule has 6 heteroatoms. The van der Waals surface area contributed by atoms with Crippen LogP contribution in [0.15, 0.2) is 16.7 Å². The Morgan fingerprint density at radius 1 is 1.10 bits per heavy atom. The number of rotatable bonds is 2. The lowest BCUT2D eigenvalue weighted by Crippen LogP contribution is -2.46. The molecule has 3 aliphatic rings. The molecule has 1 aliphatic carbocycles. The summed E-state index contributed by atoms with van der Waals surface area (Å²) in [5.41, 5.74) is 2.89. The van der Waals surface area contributed by atoms with Crippen molar-refractivity contribution in [2.24, 2.45) is 0 Å². The van der Waals surface area contributed by atoms with Gasteiger partial charge in [-0.25, -0.2) is 0 Å². The quantitative estimate of drug-likeness (QED) is 0.742. The van der Waals surface area contributed by atoms with Gasteiger partial charge in [-0.15, -0.1) is 0 Å². The van der Waals surface area contributed by atoms with Gasteiger partial charge in [0.05, 0.1) is 6.54 Å². The highest BCUT2D eigenvalue weighted by molar-refractivity contribution is 5.53. The first-order valence-electron chi connectivity index (χ1n) is 10.9. The molecule has 1 unspecified atom stereocenters. The lowest BCUT2D eigenvalue weighted by Gasteiger charge is -2.46. The summed E-state index contributed by atoms with van der Waals surface area (Å²) in [6.45, 7) is 11.6. The Balaban J connectivity index is 1.50. The van der Waals surface area contributed by atoms with Crippen molar-refractivity contribution in [2.75, 3.05) is 19.8 Å². The molecule has 1 atom stereocenters. The van der Waals surface area contributed by atoms with Crippen LogP contribution in [-0.2, 0) is 17.4 Å². The molecule has 0 bridgehead atoms. The fraction of sp³-hybridized carbons (Fsp3) is 0.652. The molecule has 0 radical (unpaired) electrons. The smallest absolute Gasteiger partial charge is 0.232 e. The maximum Gasteiger partial charge on any atom is 0.232 e. The van der Waals surface area contributed by atoms with E-state index in [-0.39, 0.29) is 16.9 Å². The first-order chi connectivity index (χ1) is 13.9.